The van der Waals surface area contributed by atoms with Crippen LogP contribution >= 0.6 is 11.3 Å². The summed E-state index contributed by atoms with van der Waals surface area (Å²) in [7, 11) is -3.76. The molecule has 1 aromatic heterocycles. The molecule has 0 bridgehead atoms. The molecule has 0 spiro atoms. The lowest BCUT2D eigenvalue weighted by molar-refractivity contribution is 0.0697. The molecule has 2 aromatic rings. The topological polar surface area (TPSA) is 92.7 Å². The van der Waals surface area contributed by atoms with Crippen molar-refractivity contribution in [1.29, 1.82) is 0 Å². The zero-order chi connectivity index (χ0) is 16.2. The van der Waals surface area contributed by atoms with Crippen LogP contribution in [0.15, 0.2) is 39.9 Å². The minimum Gasteiger partial charge on any atom is -0.491 e. The molecule has 0 atom stereocenters. The fraction of sp³-hybridized carbons (Fsp3) is 0.214. The molecule has 0 radical (unpaired) electrons. The number of carbonyl (C=O) groups is 1. The van der Waals surface area contributed by atoms with Crippen molar-refractivity contribution < 1.29 is 23.1 Å². The SMILES string of the molecule is CCCOc1ccc(C(=O)O)cc1NS(=O)(=O)c1cccs1. The Kier molecular flexibility index (Phi) is 5.04. The van der Waals surface area contributed by atoms with Crippen molar-refractivity contribution >= 4 is 33.0 Å². The highest BCUT2D eigenvalue weighted by Gasteiger charge is 2.19. The molecule has 0 unspecified atom stereocenters. The van der Waals surface area contributed by atoms with Crippen LogP contribution in [0, 0.1) is 0 Å². The highest BCUT2D eigenvalue weighted by atomic mass is 32.2. The summed E-state index contributed by atoms with van der Waals surface area (Å²) in [5.41, 5.74) is 0.0921. The number of thiophene rings is 1. The number of nitrogens with one attached hydrogen (secondary N) is 1. The number of benzene rings is 1. The molecular weight excluding hydrogens is 326 g/mol. The van der Waals surface area contributed by atoms with Gasteiger partial charge in [-0.2, -0.15) is 0 Å². The van der Waals surface area contributed by atoms with E-state index in [-0.39, 0.29) is 15.5 Å². The first kappa shape index (κ1) is 16.3. The van der Waals surface area contributed by atoms with Crippen molar-refractivity contribution in [2.24, 2.45) is 0 Å². The van der Waals surface area contributed by atoms with Gasteiger partial charge in [0.1, 0.15) is 9.96 Å². The van der Waals surface area contributed by atoms with Gasteiger partial charge in [0.15, 0.2) is 0 Å². The first-order chi connectivity index (χ1) is 10.4. The molecule has 0 aliphatic carbocycles. The minimum atomic E-state index is -3.76. The van der Waals surface area contributed by atoms with Crippen molar-refractivity contribution in [1.82, 2.24) is 0 Å². The Morgan fingerprint density at radius 2 is 2.14 bits per heavy atom. The Balaban J connectivity index is 2.38. The fourth-order valence-corrected chi connectivity index (χ4v) is 3.75. The van der Waals surface area contributed by atoms with Gasteiger partial charge in [0, 0.05) is 0 Å². The van der Waals surface area contributed by atoms with Gasteiger partial charge in [-0.05, 0) is 36.1 Å². The second-order valence-electron chi connectivity index (χ2n) is 4.40. The van der Waals surface area contributed by atoms with E-state index in [2.05, 4.69) is 4.72 Å². The van der Waals surface area contributed by atoms with E-state index in [1.54, 1.807) is 11.4 Å². The van der Waals surface area contributed by atoms with E-state index in [1.807, 2.05) is 6.92 Å². The molecule has 0 saturated heterocycles. The van der Waals surface area contributed by atoms with Crippen LogP contribution in [0.1, 0.15) is 23.7 Å². The van der Waals surface area contributed by atoms with Crippen LogP contribution in [0.2, 0.25) is 0 Å². The Labute approximate surface area is 132 Å². The van der Waals surface area contributed by atoms with Gasteiger partial charge in [-0.1, -0.05) is 13.0 Å². The van der Waals surface area contributed by atoms with Gasteiger partial charge in [0.25, 0.3) is 10.0 Å². The molecule has 22 heavy (non-hydrogen) atoms. The van der Waals surface area contributed by atoms with Crippen LogP contribution in [0.5, 0.6) is 5.75 Å². The first-order valence-electron chi connectivity index (χ1n) is 6.50. The predicted octanol–water partition coefficient (Wildman–Crippen LogP) is 3.04. The third-order valence-electron chi connectivity index (χ3n) is 2.69. The summed E-state index contributed by atoms with van der Waals surface area (Å²) in [6, 6.07) is 7.17. The van der Waals surface area contributed by atoms with Crippen LogP contribution in [-0.4, -0.2) is 26.1 Å². The number of hydrogen-bond donors (Lipinski definition) is 2. The van der Waals surface area contributed by atoms with Gasteiger partial charge in [-0.15, -0.1) is 11.3 Å². The predicted molar refractivity (Wildman–Crippen MR) is 84.3 cm³/mol. The normalized spacial score (nSPS) is 11.1. The van der Waals surface area contributed by atoms with Gasteiger partial charge in [0.05, 0.1) is 17.9 Å². The van der Waals surface area contributed by atoms with E-state index in [1.165, 1.54) is 24.3 Å². The molecule has 2 rings (SSSR count). The number of aromatic carboxylic acids is 1. The average molecular weight is 341 g/mol. The minimum absolute atomic E-state index is 0.0206. The maximum absolute atomic E-state index is 12.3. The average Bonchev–Trinajstić information content (AvgIpc) is 3.00. The van der Waals surface area contributed by atoms with E-state index in [0.29, 0.717) is 12.4 Å². The van der Waals surface area contributed by atoms with Crippen molar-refractivity contribution in [2.75, 3.05) is 11.3 Å². The lowest BCUT2D eigenvalue weighted by Gasteiger charge is -2.13. The summed E-state index contributed by atoms with van der Waals surface area (Å²) >= 11 is 1.08. The summed E-state index contributed by atoms with van der Waals surface area (Å²) in [4.78, 5) is 11.1. The van der Waals surface area contributed by atoms with E-state index in [0.717, 1.165) is 17.8 Å². The van der Waals surface area contributed by atoms with Gasteiger partial charge in [-0.25, -0.2) is 13.2 Å². The maximum Gasteiger partial charge on any atom is 0.335 e. The molecular formula is C14H15NO5S2. The molecule has 118 valence electrons. The van der Waals surface area contributed by atoms with Gasteiger partial charge in [0.2, 0.25) is 0 Å². The van der Waals surface area contributed by atoms with Crippen molar-refractivity contribution in [3.63, 3.8) is 0 Å². The molecule has 0 fully saturated rings. The highest BCUT2D eigenvalue weighted by molar-refractivity contribution is 7.94. The van der Waals surface area contributed by atoms with Crippen LogP contribution in [-0.2, 0) is 10.0 Å². The van der Waals surface area contributed by atoms with Crippen LogP contribution in [0.3, 0.4) is 0 Å². The van der Waals surface area contributed by atoms with Crippen LogP contribution in [0.4, 0.5) is 5.69 Å². The van der Waals surface area contributed by atoms with Gasteiger partial charge >= 0.3 is 5.97 Å². The number of anilines is 1. The lowest BCUT2D eigenvalue weighted by atomic mass is 10.2. The Bertz CT molecular complexity index is 754. The monoisotopic (exact) mass is 341 g/mol. The Morgan fingerprint density at radius 3 is 2.73 bits per heavy atom. The third-order valence-corrected chi connectivity index (χ3v) is 5.46. The third kappa shape index (κ3) is 3.77. The Hall–Kier alpha value is -2.06. The van der Waals surface area contributed by atoms with E-state index < -0.39 is 16.0 Å². The molecule has 0 aliphatic rings. The van der Waals surface area contributed by atoms with Crippen LogP contribution < -0.4 is 9.46 Å². The number of rotatable bonds is 7. The van der Waals surface area contributed by atoms with Crippen molar-refractivity contribution in [3.05, 3.63) is 41.3 Å². The number of hydrogen-bond acceptors (Lipinski definition) is 5. The lowest BCUT2D eigenvalue weighted by Crippen LogP contribution is -2.13. The molecule has 0 saturated carbocycles. The smallest absolute Gasteiger partial charge is 0.335 e. The molecule has 0 amide bonds. The molecule has 2 N–H and O–H groups in total. The highest BCUT2D eigenvalue weighted by Crippen LogP contribution is 2.29. The summed E-state index contributed by atoms with van der Waals surface area (Å²) in [5, 5.41) is 10.7. The van der Waals surface area contributed by atoms with Crippen molar-refractivity contribution in [2.45, 2.75) is 17.6 Å². The first-order valence-corrected chi connectivity index (χ1v) is 8.87. The number of sulfonamides is 1. The number of ether oxygens (including phenoxy) is 1. The van der Waals surface area contributed by atoms with Crippen LogP contribution in [0.25, 0.3) is 0 Å². The van der Waals surface area contributed by atoms with Crippen molar-refractivity contribution in [3.8, 4) is 5.75 Å². The summed E-state index contributed by atoms with van der Waals surface area (Å²) < 4.78 is 32.5. The second-order valence-corrected chi connectivity index (χ2v) is 7.26. The largest absolute Gasteiger partial charge is 0.491 e. The van der Waals surface area contributed by atoms with Gasteiger partial charge in [-0.3, -0.25) is 4.72 Å². The molecule has 0 aliphatic heterocycles. The molecule has 6 nitrogen and oxygen atoms in total. The number of carboxylic acid groups (broad SMARTS) is 1. The standard InChI is InChI=1S/C14H15NO5S2/c1-2-7-20-12-6-5-10(14(16)17)9-11(12)15-22(18,19)13-4-3-8-21-13/h3-6,8-9,15H,2,7H2,1H3,(H,16,17). The van der Waals surface area contributed by atoms with E-state index in [4.69, 9.17) is 9.84 Å². The summed E-state index contributed by atoms with van der Waals surface area (Å²) in [6.07, 6.45) is 0.748. The zero-order valence-corrected chi connectivity index (χ0v) is 13.4. The Morgan fingerprint density at radius 1 is 1.36 bits per heavy atom. The second kappa shape index (κ2) is 6.80. The quantitative estimate of drug-likeness (QED) is 0.807. The molecule has 1 heterocycles. The molecule has 8 heteroatoms. The molecule has 1 aromatic carbocycles. The van der Waals surface area contributed by atoms with E-state index >= 15 is 0 Å². The summed E-state index contributed by atoms with van der Waals surface area (Å²) in [6.45, 7) is 2.32. The van der Waals surface area contributed by atoms with E-state index in [9.17, 15) is 13.2 Å². The van der Waals surface area contributed by atoms with Gasteiger partial charge < -0.3 is 9.84 Å². The maximum atomic E-state index is 12.3. The zero-order valence-electron chi connectivity index (χ0n) is 11.8. The summed E-state index contributed by atoms with van der Waals surface area (Å²) in [5.74, 6) is -0.842. The number of carboxylic acids is 1. The fourth-order valence-electron chi connectivity index (χ4n) is 1.69.